The maximum atomic E-state index is 13.2. The van der Waals surface area contributed by atoms with Crippen LogP contribution in [0.4, 0.5) is 0 Å². The van der Waals surface area contributed by atoms with Gasteiger partial charge in [0.05, 0.1) is 12.1 Å². The van der Waals surface area contributed by atoms with E-state index in [1.807, 2.05) is 0 Å². The van der Waals surface area contributed by atoms with E-state index in [1.165, 1.54) is 30.3 Å². The van der Waals surface area contributed by atoms with Gasteiger partial charge in [-0.25, -0.2) is 10.0 Å². The number of aromatic hydroxyl groups is 3. The lowest BCUT2D eigenvalue weighted by atomic mass is 10.1. The Labute approximate surface area is 243 Å². The van der Waals surface area contributed by atoms with E-state index in [4.69, 9.17) is 4.42 Å². The molecule has 8 N–H and O–H groups in total. The molecule has 1 aliphatic rings. The van der Waals surface area contributed by atoms with Crippen molar-refractivity contribution in [2.24, 2.45) is 0 Å². The second-order valence-electron chi connectivity index (χ2n) is 9.70. The van der Waals surface area contributed by atoms with Crippen LogP contribution in [-0.4, -0.2) is 91.8 Å². The average molecular weight is 599 g/mol. The van der Waals surface area contributed by atoms with Crippen LogP contribution in [-0.2, 0) is 14.4 Å². The SMILES string of the molecule is O=C(CNC(=O)C(CCCNC(=O)c1cccc(O)c1O)NC(=O)c1c(O)ccc2ocnc12)NC1CCCN(O)C1=O. The number of oxazole rings is 1. The van der Waals surface area contributed by atoms with Crippen LogP contribution < -0.4 is 21.3 Å². The molecule has 0 bridgehead atoms. The summed E-state index contributed by atoms with van der Waals surface area (Å²) < 4.78 is 5.17. The number of fused-ring (bicyclic) bond motifs is 1. The smallest absolute Gasteiger partial charge is 0.268 e. The summed E-state index contributed by atoms with van der Waals surface area (Å²) in [7, 11) is 0. The Morgan fingerprint density at radius 2 is 1.84 bits per heavy atom. The molecule has 228 valence electrons. The molecule has 5 amide bonds. The molecule has 1 aromatic heterocycles. The van der Waals surface area contributed by atoms with E-state index in [0.717, 1.165) is 6.39 Å². The van der Waals surface area contributed by atoms with Crippen molar-refractivity contribution in [1.82, 2.24) is 31.3 Å². The number of benzene rings is 2. The summed E-state index contributed by atoms with van der Waals surface area (Å²) in [5.41, 5.74) is -0.120. The molecule has 1 aliphatic heterocycles. The third kappa shape index (κ3) is 7.28. The summed E-state index contributed by atoms with van der Waals surface area (Å²) >= 11 is 0. The summed E-state index contributed by atoms with van der Waals surface area (Å²) in [6.45, 7) is -0.395. The van der Waals surface area contributed by atoms with Gasteiger partial charge in [0.25, 0.3) is 17.7 Å². The van der Waals surface area contributed by atoms with Crippen LogP contribution in [0.5, 0.6) is 17.2 Å². The highest BCUT2D eigenvalue weighted by Gasteiger charge is 2.30. The fourth-order valence-electron chi connectivity index (χ4n) is 4.49. The van der Waals surface area contributed by atoms with Gasteiger partial charge in [0.2, 0.25) is 11.8 Å². The second-order valence-corrected chi connectivity index (χ2v) is 9.70. The first-order chi connectivity index (χ1) is 20.6. The van der Waals surface area contributed by atoms with Crippen molar-refractivity contribution in [3.8, 4) is 17.2 Å². The first-order valence-corrected chi connectivity index (χ1v) is 13.3. The highest BCUT2D eigenvalue weighted by Crippen LogP contribution is 2.28. The monoisotopic (exact) mass is 598 g/mol. The van der Waals surface area contributed by atoms with E-state index in [0.29, 0.717) is 17.9 Å². The summed E-state index contributed by atoms with van der Waals surface area (Å²) in [6.07, 6.45) is 1.97. The number of hydrogen-bond acceptors (Lipinski definition) is 11. The maximum Gasteiger partial charge on any atom is 0.268 e. The lowest BCUT2D eigenvalue weighted by molar-refractivity contribution is -0.173. The van der Waals surface area contributed by atoms with Crippen molar-refractivity contribution in [3.63, 3.8) is 0 Å². The van der Waals surface area contributed by atoms with Crippen molar-refractivity contribution in [1.29, 1.82) is 0 Å². The number of rotatable bonds is 11. The van der Waals surface area contributed by atoms with E-state index in [2.05, 4.69) is 26.3 Å². The molecule has 16 heteroatoms. The van der Waals surface area contributed by atoms with Gasteiger partial charge in [0.1, 0.15) is 28.9 Å². The fourth-order valence-corrected chi connectivity index (χ4v) is 4.49. The van der Waals surface area contributed by atoms with Crippen LogP contribution in [0.3, 0.4) is 0 Å². The zero-order valence-electron chi connectivity index (χ0n) is 22.7. The number of para-hydroxylation sites is 1. The van der Waals surface area contributed by atoms with Gasteiger partial charge in [-0.1, -0.05) is 6.07 Å². The number of aromatic nitrogens is 1. The molecule has 2 atom stereocenters. The van der Waals surface area contributed by atoms with Gasteiger partial charge in [-0.05, 0) is 49.9 Å². The summed E-state index contributed by atoms with van der Waals surface area (Å²) in [4.78, 5) is 67.0. The Bertz CT molecular complexity index is 1540. The molecular weight excluding hydrogens is 568 g/mol. The molecule has 43 heavy (non-hydrogen) atoms. The van der Waals surface area contributed by atoms with Crippen molar-refractivity contribution in [3.05, 3.63) is 47.9 Å². The third-order valence-electron chi connectivity index (χ3n) is 6.72. The molecule has 16 nitrogen and oxygen atoms in total. The van der Waals surface area contributed by atoms with Crippen molar-refractivity contribution >= 4 is 40.6 Å². The number of piperidine rings is 1. The normalized spacial score (nSPS) is 15.5. The standard InChI is InChI=1S/C27H30N6O10/c34-17-8-9-19-22(30-13-43-19)21(17)26(40)32-15(5-2-10-28-24(38)14-4-1-7-18(35)23(14)37)25(39)29-12-20(36)31-16-6-3-11-33(42)27(16)41/h1,4,7-9,13,15-16,34-35,37,42H,2-3,5-6,10-12H2,(H,28,38)(H,29,39)(H,31,36)(H,32,40). The molecule has 1 fully saturated rings. The third-order valence-corrected chi connectivity index (χ3v) is 6.72. The largest absolute Gasteiger partial charge is 0.507 e. The van der Waals surface area contributed by atoms with E-state index in [1.54, 1.807) is 0 Å². The number of nitrogens with one attached hydrogen (secondary N) is 4. The van der Waals surface area contributed by atoms with Crippen molar-refractivity contribution in [2.45, 2.75) is 37.8 Å². The predicted molar refractivity (Wildman–Crippen MR) is 146 cm³/mol. The molecule has 3 aromatic rings. The Kier molecular flexibility index (Phi) is 9.61. The number of hydrogen-bond donors (Lipinski definition) is 8. The van der Waals surface area contributed by atoms with E-state index >= 15 is 0 Å². The molecule has 0 saturated carbocycles. The molecular formula is C27H30N6O10. The van der Waals surface area contributed by atoms with Gasteiger partial charge in [0, 0.05) is 13.1 Å². The van der Waals surface area contributed by atoms with Gasteiger partial charge in [-0.3, -0.25) is 29.2 Å². The van der Waals surface area contributed by atoms with Crippen LogP contribution in [0.15, 0.2) is 41.1 Å². The number of nitrogens with zero attached hydrogens (tertiary/aromatic N) is 2. The lowest BCUT2D eigenvalue weighted by Crippen LogP contribution is -2.54. The summed E-state index contributed by atoms with van der Waals surface area (Å²) in [5, 5.41) is 49.8. The van der Waals surface area contributed by atoms with Crippen molar-refractivity contribution < 1.29 is 48.9 Å². The topological polar surface area (TPSA) is 244 Å². The number of carbonyl (C=O) groups excluding carboxylic acids is 5. The molecule has 2 unspecified atom stereocenters. The molecule has 4 rings (SSSR count). The Morgan fingerprint density at radius 3 is 2.63 bits per heavy atom. The van der Waals surface area contributed by atoms with Crippen LogP contribution in [0, 0.1) is 0 Å². The Morgan fingerprint density at radius 1 is 1.05 bits per heavy atom. The summed E-state index contributed by atoms with van der Waals surface area (Å²) in [6, 6.07) is 4.35. The highest BCUT2D eigenvalue weighted by molar-refractivity contribution is 6.08. The van der Waals surface area contributed by atoms with Crippen LogP contribution in [0.25, 0.3) is 11.1 Å². The minimum Gasteiger partial charge on any atom is -0.507 e. The maximum absolute atomic E-state index is 13.2. The number of phenols is 3. The van der Waals surface area contributed by atoms with Crippen LogP contribution in [0.1, 0.15) is 46.4 Å². The number of amides is 5. The van der Waals surface area contributed by atoms with E-state index in [-0.39, 0.29) is 48.2 Å². The molecule has 0 radical (unpaired) electrons. The van der Waals surface area contributed by atoms with Gasteiger partial charge >= 0.3 is 0 Å². The molecule has 0 spiro atoms. The Balaban J connectivity index is 1.40. The number of phenolic OH excluding ortho intramolecular Hbond substituents is 3. The lowest BCUT2D eigenvalue weighted by Gasteiger charge is -2.28. The average Bonchev–Trinajstić information content (AvgIpc) is 3.45. The predicted octanol–water partition coefficient (Wildman–Crippen LogP) is -0.134. The highest BCUT2D eigenvalue weighted by atomic mass is 16.5. The Hall–Kier alpha value is -5.38. The quantitative estimate of drug-likeness (QED) is 0.0820. The molecule has 2 heterocycles. The summed E-state index contributed by atoms with van der Waals surface area (Å²) in [5.74, 6) is -5.15. The van der Waals surface area contributed by atoms with Gasteiger partial charge in [-0.2, -0.15) is 0 Å². The first-order valence-electron chi connectivity index (χ1n) is 13.3. The molecule has 0 aliphatic carbocycles. The minimum atomic E-state index is -1.25. The van der Waals surface area contributed by atoms with Gasteiger partial charge in [0.15, 0.2) is 23.5 Å². The van der Waals surface area contributed by atoms with Gasteiger partial charge < -0.3 is 41.0 Å². The van der Waals surface area contributed by atoms with Crippen LogP contribution >= 0.6 is 0 Å². The van der Waals surface area contributed by atoms with E-state index < -0.39 is 65.4 Å². The second kappa shape index (κ2) is 13.5. The molecule has 2 aromatic carbocycles. The molecule has 1 saturated heterocycles. The first kappa shape index (κ1) is 30.6. The van der Waals surface area contributed by atoms with Gasteiger partial charge in [-0.15, -0.1) is 0 Å². The zero-order valence-corrected chi connectivity index (χ0v) is 22.7. The number of carbonyl (C=O) groups is 5. The zero-order chi connectivity index (χ0) is 31.1. The minimum absolute atomic E-state index is 0.000361. The van der Waals surface area contributed by atoms with E-state index in [9.17, 15) is 44.5 Å². The fraction of sp³-hybridized carbons (Fsp3) is 0.333. The van der Waals surface area contributed by atoms with Crippen molar-refractivity contribution in [2.75, 3.05) is 19.6 Å². The number of hydroxylamine groups is 2. The van der Waals surface area contributed by atoms with Crippen LogP contribution in [0.2, 0.25) is 0 Å².